The van der Waals surface area contributed by atoms with Gasteiger partial charge in [-0.2, -0.15) is 0 Å². The minimum absolute atomic E-state index is 0.0354. The summed E-state index contributed by atoms with van der Waals surface area (Å²) in [5.74, 6) is -0.325. The third-order valence-electron chi connectivity index (χ3n) is 4.51. The lowest BCUT2D eigenvalue weighted by Crippen LogP contribution is -2.37. The molecule has 1 aromatic carbocycles. The van der Waals surface area contributed by atoms with Gasteiger partial charge in [0.1, 0.15) is 0 Å². The van der Waals surface area contributed by atoms with Gasteiger partial charge in [0.05, 0.1) is 11.9 Å². The largest absolute Gasteiger partial charge is 0.419 e. The average Bonchev–Trinajstić information content (AvgIpc) is 2.74. The maximum Gasteiger partial charge on any atom is 0.419 e. The Bertz CT molecular complexity index is 836. The Morgan fingerprint density at radius 1 is 1.12 bits per heavy atom. The number of hydrogen-bond acceptors (Lipinski definition) is 4. The fraction of sp³-hybridized carbons (Fsp3) is 0.471. The molecule has 24 heavy (non-hydrogen) atoms. The molecule has 0 saturated carbocycles. The number of fused-ring (bicyclic) bond motifs is 1. The molecule has 0 spiro atoms. The summed E-state index contributed by atoms with van der Waals surface area (Å²) >= 11 is 0. The lowest BCUT2D eigenvalue weighted by atomic mass is 10.1. The molecular weight excluding hydrogens is 310 g/mol. The van der Waals surface area contributed by atoms with E-state index in [0.717, 1.165) is 12.0 Å². The van der Waals surface area contributed by atoms with Gasteiger partial charge in [0, 0.05) is 40.2 Å². The Kier molecular flexibility index (Phi) is 4.42. The Balaban J connectivity index is 1.71. The van der Waals surface area contributed by atoms with E-state index in [4.69, 9.17) is 4.42 Å². The molecule has 1 saturated heterocycles. The molecule has 2 aromatic rings. The number of amides is 2. The number of aromatic nitrogens is 1. The molecule has 0 bridgehead atoms. The zero-order valence-corrected chi connectivity index (χ0v) is 13.9. The van der Waals surface area contributed by atoms with E-state index in [1.54, 1.807) is 24.9 Å². The Morgan fingerprint density at radius 2 is 1.83 bits per heavy atom. The average molecular weight is 331 g/mol. The van der Waals surface area contributed by atoms with E-state index < -0.39 is 5.76 Å². The lowest BCUT2D eigenvalue weighted by Gasteiger charge is -2.21. The predicted octanol–water partition coefficient (Wildman–Crippen LogP) is 0.755. The van der Waals surface area contributed by atoms with Gasteiger partial charge < -0.3 is 14.2 Å². The van der Waals surface area contributed by atoms with Crippen molar-refractivity contribution in [2.75, 3.05) is 26.2 Å². The number of hydrogen-bond donors (Lipinski definition) is 0. The van der Waals surface area contributed by atoms with Gasteiger partial charge in [-0.15, -0.1) is 0 Å². The smallest absolute Gasteiger partial charge is 0.408 e. The molecule has 0 N–H and O–H groups in total. The van der Waals surface area contributed by atoms with Crippen molar-refractivity contribution < 1.29 is 14.0 Å². The quantitative estimate of drug-likeness (QED) is 0.814. The highest BCUT2D eigenvalue weighted by atomic mass is 16.4. The Labute approximate surface area is 139 Å². The number of nitrogens with zero attached hydrogens (tertiary/aromatic N) is 3. The highest BCUT2D eigenvalue weighted by Crippen LogP contribution is 2.16. The molecule has 128 valence electrons. The Morgan fingerprint density at radius 3 is 2.58 bits per heavy atom. The molecule has 0 radical (unpaired) electrons. The van der Waals surface area contributed by atoms with E-state index in [9.17, 15) is 14.4 Å². The summed E-state index contributed by atoms with van der Waals surface area (Å²) in [6.45, 7) is 4.06. The van der Waals surface area contributed by atoms with Gasteiger partial charge in [-0.05, 0) is 24.1 Å². The fourth-order valence-corrected chi connectivity index (χ4v) is 3.05. The van der Waals surface area contributed by atoms with Crippen molar-refractivity contribution in [2.45, 2.75) is 19.8 Å². The summed E-state index contributed by atoms with van der Waals surface area (Å²) in [5, 5.41) is 0. The van der Waals surface area contributed by atoms with Crippen LogP contribution in [-0.2, 0) is 23.1 Å². The molecule has 1 aliphatic rings. The van der Waals surface area contributed by atoms with Gasteiger partial charge in [0.15, 0.2) is 5.58 Å². The second kappa shape index (κ2) is 6.51. The number of carbonyl (C=O) groups is 2. The third kappa shape index (κ3) is 3.20. The van der Waals surface area contributed by atoms with Crippen molar-refractivity contribution in [1.29, 1.82) is 0 Å². The van der Waals surface area contributed by atoms with Crippen molar-refractivity contribution in [3.05, 3.63) is 34.3 Å². The molecule has 1 aliphatic heterocycles. The molecule has 0 aliphatic carbocycles. The SMILES string of the molecule is CC(=O)N1CCCN(C(=O)Cc2ccc3oc(=O)n(C)c3c2)CC1. The van der Waals surface area contributed by atoms with Crippen molar-refractivity contribution in [3.63, 3.8) is 0 Å². The number of oxazole rings is 1. The minimum Gasteiger partial charge on any atom is -0.408 e. The first-order valence-corrected chi connectivity index (χ1v) is 8.07. The van der Waals surface area contributed by atoms with Crippen molar-refractivity contribution in [2.24, 2.45) is 7.05 Å². The highest BCUT2D eigenvalue weighted by Gasteiger charge is 2.20. The summed E-state index contributed by atoms with van der Waals surface area (Å²) in [4.78, 5) is 39.1. The number of aryl methyl sites for hydroxylation is 1. The molecule has 2 amide bonds. The first kappa shape index (κ1) is 16.3. The molecule has 1 aromatic heterocycles. The highest BCUT2D eigenvalue weighted by molar-refractivity contribution is 5.81. The van der Waals surface area contributed by atoms with Crippen molar-refractivity contribution in [1.82, 2.24) is 14.4 Å². The normalized spacial score (nSPS) is 15.6. The third-order valence-corrected chi connectivity index (χ3v) is 4.51. The van der Waals surface area contributed by atoms with Crippen LogP contribution in [0.2, 0.25) is 0 Å². The minimum atomic E-state index is -0.412. The van der Waals surface area contributed by atoms with E-state index in [0.29, 0.717) is 37.3 Å². The topological polar surface area (TPSA) is 75.8 Å². The van der Waals surface area contributed by atoms with Crippen LogP contribution < -0.4 is 5.76 Å². The van der Waals surface area contributed by atoms with Gasteiger partial charge in [0.2, 0.25) is 11.8 Å². The molecular formula is C17H21N3O4. The zero-order chi connectivity index (χ0) is 17.3. The van der Waals surface area contributed by atoms with Crippen LogP contribution in [0.15, 0.2) is 27.4 Å². The summed E-state index contributed by atoms with van der Waals surface area (Å²) in [7, 11) is 1.64. The van der Waals surface area contributed by atoms with E-state index in [1.807, 2.05) is 17.0 Å². The van der Waals surface area contributed by atoms with Crippen LogP contribution in [0.5, 0.6) is 0 Å². The summed E-state index contributed by atoms with van der Waals surface area (Å²) in [6, 6.07) is 5.35. The molecule has 7 nitrogen and oxygen atoms in total. The first-order valence-electron chi connectivity index (χ1n) is 8.07. The predicted molar refractivity (Wildman–Crippen MR) is 88.6 cm³/mol. The number of rotatable bonds is 2. The van der Waals surface area contributed by atoms with Crippen LogP contribution in [0.4, 0.5) is 0 Å². The summed E-state index contributed by atoms with van der Waals surface area (Å²) in [6.07, 6.45) is 1.07. The zero-order valence-electron chi connectivity index (χ0n) is 13.9. The molecule has 0 unspecified atom stereocenters. The van der Waals surface area contributed by atoms with Gasteiger partial charge in [-0.3, -0.25) is 14.2 Å². The summed E-state index contributed by atoms with van der Waals surface area (Å²) < 4.78 is 6.53. The van der Waals surface area contributed by atoms with Crippen molar-refractivity contribution in [3.8, 4) is 0 Å². The van der Waals surface area contributed by atoms with Crippen LogP contribution >= 0.6 is 0 Å². The standard InChI is InChI=1S/C17H21N3O4/c1-12(21)19-6-3-7-20(9-8-19)16(22)11-13-4-5-15-14(10-13)18(2)17(23)24-15/h4-5,10H,3,6-9,11H2,1-2H3. The maximum atomic E-state index is 12.6. The number of benzene rings is 1. The second-order valence-corrected chi connectivity index (χ2v) is 6.15. The molecule has 0 atom stereocenters. The van der Waals surface area contributed by atoms with Gasteiger partial charge in [0.25, 0.3) is 0 Å². The van der Waals surface area contributed by atoms with Crippen molar-refractivity contribution >= 4 is 22.9 Å². The fourth-order valence-electron chi connectivity index (χ4n) is 3.05. The summed E-state index contributed by atoms with van der Waals surface area (Å²) in [5.41, 5.74) is 2.05. The van der Waals surface area contributed by atoms with Gasteiger partial charge in [-0.1, -0.05) is 6.07 Å². The monoisotopic (exact) mass is 331 g/mol. The Hall–Kier alpha value is -2.57. The van der Waals surface area contributed by atoms with E-state index in [1.165, 1.54) is 4.57 Å². The lowest BCUT2D eigenvalue weighted by molar-refractivity contribution is -0.132. The van der Waals surface area contributed by atoms with Crippen LogP contribution in [0, 0.1) is 0 Å². The van der Waals surface area contributed by atoms with Gasteiger partial charge >= 0.3 is 5.76 Å². The van der Waals surface area contributed by atoms with E-state index in [-0.39, 0.29) is 18.2 Å². The number of carbonyl (C=O) groups excluding carboxylic acids is 2. The van der Waals surface area contributed by atoms with E-state index in [2.05, 4.69) is 0 Å². The first-order chi connectivity index (χ1) is 11.5. The molecule has 7 heteroatoms. The van der Waals surface area contributed by atoms with E-state index >= 15 is 0 Å². The van der Waals surface area contributed by atoms with Crippen LogP contribution in [0.25, 0.3) is 11.1 Å². The van der Waals surface area contributed by atoms with Crippen LogP contribution in [-0.4, -0.2) is 52.4 Å². The molecule has 3 rings (SSSR count). The molecule has 1 fully saturated rings. The maximum absolute atomic E-state index is 12.6. The van der Waals surface area contributed by atoms with Crippen LogP contribution in [0.3, 0.4) is 0 Å². The molecule has 2 heterocycles. The van der Waals surface area contributed by atoms with Gasteiger partial charge in [-0.25, -0.2) is 4.79 Å². The second-order valence-electron chi connectivity index (χ2n) is 6.15. The van der Waals surface area contributed by atoms with Crippen LogP contribution in [0.1, 0.15) is 18.9 Å².